The molecule has 1 unspecified atom stereocenters. The van der Waals surface area contributed by atoms with Gasteiger partial charge in [0, 0.05) is 0 Å². The van der Waals surface area contributed by atoms with Crippen LogP contribution < -0.4 is 14.8 Å². The number of nitrogens with zero attached hydrogens (tertiary/aromatic N) is 2. The predicted octanol–water partition coefficient (Wildman–Crippen LogP) is 1.08. The predicted molar refractivity (Wildman–Crippen MR) is 57.3 cm³/mol. The Morgan fingerprint density at radius 2 is 1.60 bits per heavy atom. The summed E-state index contributed by atoms with van der Waals surface area (Å²) in [5, 5.41) is 3.07. The molecule has 5 nitrogen and oxygen atoms in total. The quantitative estimate of drug-likeness (QED) is 0.807. The number of nitrogens with one attached hydrogen (secondary N) is 1. The third kappa shape index (κ3) is 2.36. The molecule has 0 aliphatic carbocycles. The first-order valence-electron chi connectivity index (χ1n) is 4.77. The van der Waals surface area contributed by atoms with Crippen molar-refractivity contribution in [3.05, 3.63) is 11.4 Å². The highest BCUT2D eigenvalue weighted by Crippen LogP contribution is 2.25. The Hall–Kier alpha value is -1.36. The van der Waals surface area contributed by atoms with Gasteiger partial charge < -0.3 is 14.8 Å². The molecular weight excluding hydrogens is 194 g/mol. The van der Waals surface area contributed by atoms with E-state index in [9.17, 15) is 0 Å². The summed E-state index contributed by atoms with van der Waals surface area (Å²) in [7, 11) is 5.03. The van der Waals surface area contributed by atoms with Crippen LogP contribution in [0.3, 0.4) is 0 Å². The van der Waals surface area contributed by atoms with Crippen molar-refractivity contribution in [2.75, 3.05) is 21.3 Å². The third-order valence-electron chi connectivity index (χ3n) is 2.28. The van der Waals surface area contributed by atoms with Gasteiger partial charge in [0.1, 0.15) is 0 Å². The van der Waals surface area contributed by atoms with Crippen LogP contribution in [0.1, 0.15) is 24.4 Å². The van der Waals surface area contributed by atoms with Crippen molar-refractivity contribution in [3.63, 3.8) is 0 Å². The Balaban J connectivity index is 3.20. The molecule has 0 spiro atoms. The van der Waals surface area contributed by atoms with E-state index in [-0.39, 0.29) is 6.04 Å². The molecule has 15 heavy (non-hydrogen) atoms. The number of aromatic nitrogens is 2. The molecule has 0 aromatic carbocycles. The van der Waals surface area contributed by atoms with E-state index in [0.717, 1.165) is 5.56 Å². The zero-order valence-electron chi connectivity index (χ0n) is 9.79. The van der Waals surface area contributed by atoms with E-state index in [1.165, 1.54) is 0 Å². The Morgan fingerprint density at radius 1 is 1.13 bits per heavy atom. The van der Waals surface area contributed by atoms with Crippen molar-refractivity contribution in [1.29, 1.82) is 0 Å². The van der Waals surface area contributed by atoms with Crippen molar-refractivity contribution in [2.24, 2.45) is 0 Å². The lowest BCUT2D eigenvalue weighted by atomic mass is 10.3. The van der Waals surface area contributed by atoms with Gasteiger partial charge in [-0.15, -0.1) is 0 Å². The Labute approximate surface area is 89.8 Å². The van der Waals surface area contributed by atoms with Crippen LogP contribution in [0.4, 0.5) is 0 Å². The summed E-state index contributed by atoms with van der Waals surface area (Å²) in [6, 6.07) is 0.0633. The minimum absolute atomic E-state index is 0.0633. The minimum atomic E-state index is 0.0633. The van der Waals surface area contributed by atoms with Gasteiger partial charge in [0.25, 0.3) is 0 Å². The average Bonchev–Trinajstić information content (AvgIpc) is 2.28. The van der Waals surface area contributed by atoms with Crippen molar-refractivity contribution in [2.45, 2.75) is 19.9 Å². The van der Waals surface area contributed by atoms with Crippen LogP contribution in [0.5, 0.6) is 11.8 Å². The van der Waals surface area contributed by atoms with Crippen LogP contribution >= 0.6 is 0 Å². The standard InChI is InChI=1S/C10H17N3O2/c1-6-9(14-4)12-8(7(2)11-3)13-10(6)15-5/h7,11H,1-5H3. The maximum atomic E-state index is 5.16. The Bertz CT molecular complexity index is 316. The average molecular weight is 211 g/mol. The van der Waals surface area contributed by atoms with Crippen molar-refractivity contribution in [3.8, 4) is 11.8 Å². The number of methoxy groups -OCH3 is 2. The van der Waals surface area contributed by atoms with Crippen LogP contribution in [0.25, 0.3) is 0 Å². The van der Waals surface area contributed by atoms with Crippen LogP contribution in [0.15, 0.2) is 0 Å². The van der Waals surface area contributed by atoms with Gasteiger partial charge in [0.05, 0.1) is 25.8 Å². The van der Waals surface area contributed by atoms with Crippen LogP contribution in [0.2, 0.25) is 0 Å². The van der Waals surface area contributed by atoms with E-state index in [0.29, 0.717) is 17.6 Å². The monoisotopic (exact) mass is 211 g/mol. The molecule has 1 heterocycles. The Morgan fingerprint density at radius 3 is 1.93 bits per heavy atom. The zero-order valence-corrected chi connectivity index (χ0v) is 9.79. The molecule has 0 aliphatic rings. The van der Waals surface area contributed by atoms with E-state index in [2.05, 4.69) is 15.3 Å². The molecule has 1 N–H and O–H groups in total. The third-order valence-corrected chi connectivity index (χ3v) is 2.28. The van der Waals surface area contributed by atoms with Crippen LogP contribution in [-0.2, 0) is 0 Å². The Kier molecular flexibility index (Phi) is 3.85. The molecule has 1 aromatic heterocycles. The van der Waals surface area contributed by atoms with Gasteiger partial charge in [0.15, 0.2) is 5.82 Å². The summed E-state index contributed by atoms with van der Waals surface area (Å²) in [6.07, 6.45) is 0. The van der Waals surface area contributed by atoms with E-state index < -0.39 is 0 Å². The molecule has 1 aromatic rings. The highest BCUT2D eigenvalue weighted by Gasteiger charge is 2.14. The molecule has 5 heteroatoms. The van der Waals surface area contributed by atoms with Gasteiger partial charge in [-0.1, -0.05) is 0 Å². The largest absolute Gasteiger partial charge is 0.481 e. The van der Waals surface area contributed by atoms with Gasteiger partial charge in [0.2, 0.25) is 11.8 Å². The summed E-state index contributed by atoms with van der Waals surface area (Å²) in [5.74, 6) is 1.77. The zero-order chi connectivity index (χ0) is 11.4. The fourth-order valence-electron chi connectivity index (χ4n) is 1.21. The fraction of sp³-hybridized carbons (Fsp3) is 0.600. The summed E-state index contributed by atoms with van der Waals surface area (Å²) < 4.78 is 10.3. The number of hydrogen-bond donors (Lipinski definition) is 1. The molecule has 0 saturated carbocycles. The lowest BCUT2D eigenvalue weighted by Gasteiger charge is -2.13. The van der Waals surface area contributed by atoms with E-state index in [4.69, 9.17) is 9.47 Å². The summed E-state index contributed by atoms with van der Waals surface area (Å²) in [4.78, 5) is 8.59. The smallest absolute Gasteiger partial charge is 0.223 e. The first-order valence-corrected chi connectivity index (χ1v) is 4.77. The maximum Gasteiger partial charge on any atom is 0.223 e. The molecule has 0 bridgehead atoms. The minimum Gasteiger partial charge on any atom is -0.481 e. The van der Waals surface area contributed by atoms with Crippen molar-refractivity contribution < 1.29 is 9.47 Å². The van der Waals surface area contributed by atoms with Crippen LogP contribution in [0, 0.1) is 6.92 Å². The molecule has 0 radical (unpaired) electrons. The number of rotatable bonds is 4. The normalized spacial score (nSPS) is 12.3. The highest BCUT2D eigenvalue weighted by atomic mass is 16.5. The van der Waals surface area contributed by atoms with Crippen molar-refractivity contribution in [1.82, 2.24) is 15.3 Å². The molecular formula is C10H17N3O2. The number of ether oxygens (including phenoxy) is 2. The molecule has 0 amide bonds. The van der Waals surface area contributed by atoms with Crippen LogP contribution in [-0.4, -0.2) is 31.2 Å². The first-order chi connectivity index (χ1) is 7.13. The van der Waals surface area contributed by atoms with E-state index >= 15 is 0 Å². The molecule has 1 atom stereocenters. The lowest BCUT2D eigenvalue weighted by Crippen LogP contribution is -2.16. The summed E-state index contributed by atoms with van der Waals surface area (Å²) in [6.45, 7) is 3.84. The summed E-state index contributed by atoms with van der Waals surface area (Å²) in [5.41, 5.74) is 0.812. The van der Waals surface area contributed by atoms with Gasteiger partial charge in [-0.3, -0.25) is 0 Å². The molecule has 0 aliphatic heterocycles. The molecule has 1 rings (SSSR count). The summed E-state index contributed by atoms with van der Waals surface area (Å²) >= 11 is 0. The second-order valence-corrected chi connectivity index (χ2v) is 3.24. The molecule has 84 valence electrons. The van der Waals surface area contributed by atoms with E-state index in [1.54, 1.807) is 14.2 Å². The van der Waals surface area contributed by atoms with Gasteiger partial charge in [-0.05, 0) is 20.9 Å². The highest BCUT2D eigenvalue weighted by molar-refractivity contribution is 5.34. The number of hydrogen-bond acceptors (Lipinski definition) is 5. The molecule has 0 fully saturated rings. The second-order valence-electron chi connectivity index (χ2n) is 3.24. The van der Waals surface area contributed by atoms with E-state index in [1.807, 2.05) is 20.9 Å². The second kappa shape index (κ2) is 4.93. The maximum absolute atomic E-state index is 5.16. The SMILES string of the molecule is CNC(C)c1nc(OC)c(C)c(OC)n1. The van der Waals surface area contributed by atoms with Crippen molar-refractivity contribution >= 4 is 0 Å². The van der Waals surface area contributed by atoms with Gasteiger partial charge >= 0.3 is 0 Å². The first kappa shape index (κ1) is 11.7. The molecule has 0 saturated heterocycles. The van der Waals surface area contributed by atoms with Gasteiger partial charge in [-0.25, -0.2) is 0 Å². The lowest BCUT2D eigenvalue weighted by molar-refractivity contribution is 0.358. The fourth-order valence-corrected chi connectivity index (χ4v) is 1.21. The van der Waals surface area contributed by atoms with Gasteiger partial charge in [-0.2, -0.15) is 9.97 Å². The topological polar surface area (TPSA) is 56.3 Å².